The normalized spacial score (nSPS) is 20.6. The number of hydrogen-bond acceptors (Lipinski definition) is 3. The molecule has 3 amide bonds. The molecule has 4 nitrogen and oxygen atoms in total. The van der Waals surface area contributed by atoms with Crippen LogP contribution in [0.3, 0.4) is 0 Å². The predicted octanol–water partition coefficient (Wildman–Crippen LogP) is 2.90. The topological polar surface area (TPSA) is 49.4 Å². The van der Waals surface area contributed by atoms with E-state index in [0.717, 1.165) is 4.31 Å². The SMILES string of the molecule is CC1(C)NC(=O)N(SC(Cl)(Cl)C(Cl)Cl)C1=O. The van der Waals surface area contributed by atoms with Crippen molar-refractivity contribution in [3.05, 3.63) is 0 Å². The fraction of sp³-hybridized carbons (Fsp3) is 0.714. The lowest BCUT2D eigenvalue weighted by molar-refractivity contribution is -0.126. The van der Waals surface area contributed by atoms with E-state index in [1.807, 2.05) is 0 Å². The second-order valence-corrected chi connectivity index (χ2v) is 7.73. The van der Waals surface area contributed by atoms with Gasteiger partial charge in [0.25, 0.3) is 5.91 Å². The molecule has 0 aromatic rings. The second kappa shape index (κ2) is 4.61. The van der Waals surface area contributed by atoms with Crippen LogP contribution in [0.15, 0.2) is 0 Å². The van der Waals surface area contributed by atoms with E-state index in [1.54, 1.807) is 13.8 Å². The molecule has 0 aromatic heterocycles. The van der Waals surface area contributed by atoms with Crippen LogP contribution in [0.25, 0.3) is 0 Å². The van der Waals surface area contributed by atoms with Crippen LogP contribution in [0, 0.1) is 0 Å². The number of amides is 3. The average molecular weight is 326 g/mol. The lowest BCUT2D eigenvalue weighted by Gasteiger charge is -2.24. The summed E-state index contributed by atoms with van der Waals surface area (Å²) in [6.45, 7) is 3.13. The van der Waals surface area contributed by atoms with Gasteiger partial charge in [0.15, 0.2) is 4.84 Å². The third kappa shape index (κ3) is 2.82. The van der Waals surface area contributed by atoms with E-state index < -0.39 is 26.0 Å². The first kappa shape index (κ1) is 14.5. The number of carbonyl (C=O) groups is 2. The minimum atomic E-state index is -1.67. The summed E-state index contributed by atoms with van der Waals surface area (Å²) in [5.74, 6) is -0.456. The fourth-order valence-corrected chi connectivity index (χ4v) is 2.38. The first-order chi connectivity index (χ1) is 7.08. The number of urea groups is 1. The second-order valence-electron chi connectivity index (χ2n) is 3.61. The molecule has 1 fully saturated rings. The van der Waals surface area contributed by atoms with Crippen LogP contribution >= 0.6 is 58.4 Å². The Morgan fingerprint density at radius 1 is 1.38 bits per heavy atom. The van der Waals surface area contributed by atoms with Crippen LogP contribution in [-0.2, 0) is 4.79 Å². The molecule has 16 heavy (non-hydrogen) atoms. The number of nitrogens with zero attached hydrogens (tertiary/aromatic N) is 1. The number of halogens is 4. The maximum Gasteiger partial charge on any atom is 0.335 e. The molecule has 92 valence electrons. The van der Waals surface area contributed by atoms with Crippen molar-refractivity contribution in [1.29, 1.82) is 0 Å². The van der Waals surface area contributed by atoms with E-state index in [1.165, 1.54) is 0 Å². The third-order valence-corrected chi connectivity index (χ3v) is 4.99. The lowest BCUT2D eigenvalue weighted by Crippen LogP contribution is -2.40. The van der Waals surface area contributed by atoms with E-state index in [9.17, 15) is 9.59 Å². The molecule has 0 saturated carbocycles. The van der Waals surface area contributed by atoms with Gasteiger partial charge in [-0.1, -0.05) is 23.2 Å². The van der Waals surface area contributed by atoms with Gasteiger partial charge in [0.1, 0.15) is 5.54 Å². The van der Waals surface area contributed by atoms with Crippen LogP contribution in [0.4, 0.5) is 4.79 Å². The molecule has 0 atom stereocenters. The zero-order chi connectivity index (χ0) is 12.7. The van der Waals surface area contributed by atoms with E-state index >= 15 is 0 Å². The standard InChI is InChI=1S/C7H8Cl4N2O2S/c1-6(2)4(14)13(5(15)12-6)16-7(10,11)3(8)9/h3H,1-2H3,(H,12,15). The Kier molecular flexibility index (Phi) is 4.18. The van der Waals surface area contributed by atoms with Gasteiger partial charge < -0.3 is 5.32 Å². The van der Waals surface area contributed by atoms with Gasteiger partial charge in [-0.3, -0.25) is 4.79 Å². The molecule has 0 aromatic carbocycles. The molecule has 0 radical (unpaired) electrons. The Labute approximate surface area is 117 Å². The highest BCUT2D eigenvalue weighted by atomic mass is 35.5. The Morgan fingerprint density at radius 3 is 2.19 bits per heavy atom. The van der Waals surface area contributed by atoms with Crippen LogP contribution < -0.4 is 5.32 Å². The molecule has 1 aliphatic rings. The molecule has 9 heteroatoms. The van der Waals surface area contributed by atoms with Crippen molar-refractivity contribution in [2.24, 2.45) is 0 Å². The summed E-state index contributed by atoms with van der Waals surface area (Å²) < 4.78 is -0.853. The van der Waals surface area contributed by atoms with Crippen LogP contribution in [0.5, 0.6) is 0 Å². The predicted molar refractivity (Wildman–Crippen MR) is 67.0 cm³/mol. The zero-order valence-electron chi connectivity index (χ0n) is 8.26. The number of hydrogen-bond donors (Lipinski definition) is 1. The Bertz CT molecular complexity index is 334. The minimum Gasteiger partial charge on any atom is -0.323 e. The monoisotopic (exact) mass is 324 g/mol. The van der Waals surface area contributed by atoms with Crippen molar-refractivity contribution in [3.8, 4) is 0 Å². The van der Waals surface area contributed by atoms with Crippen molar-refractivity contribution in [1.82, 2.24) is 9.62 Å². The molecule has 1 heterocycles. The van der Waals surface area contributed by atoms with Gasteiger partial charge in [-0.05, 0) is 13.8 Å². The summed E-state index contributed by atoms with van der Waals surface area (Å²) in [5, 5.41) is 2.47. The minimum absolute atomic E-state index is 0.456. The van der Waals surface area contributed by atoms with Crippen LogP contribution in [0.1, 0.15) is 13.8 Å². The van der Waals surface area contributed by atoms with E-state index in [4.69, 9.17) is 46.4 Å². The third-order valence-electron chi connectivity index (χ3n) is 1.79. The molecule has 1 rings (SSSR count). The number of rotatable bonds is 3. The maximum absolute atomic E-state index is 11.8. The van der Waals surface area contributed by atoms with Gasteiger partial charge in [-0.15, -0.1) is 23.2 Å². The van der Waals surface area contributed by atoms with Gasteiger partial charge in [-0.25, -0.2) is 4.79 Å². The quantitative estimate of drug-likeness (QED) is 0.493. The maximum atomic E-state index is 11.8. The summed E-state index contributed by atoms with van der Waals surface area (Å²) in [4.78, 5) is 22.1. The summed E-state index contributed by atoms with van der Waals surface area (Å²) in [5.41, 5.74) is -0.984. The van der Waals surface area contributed by atoms with Gasteiger partial charge in [0, 0.05) is 11.9 Å². The average Bonchev–Trinajstić information content (AvgIpc) is 2.27. The lowest BCUT2D eigenvalue weighted by atomic mass is 10.1. The van der Waals surface area contributed by atoms with Crippen molar-refractivity contribution in [2.45, 2.75) is 27.9 Å². The molecule has 0 unspecified atom stereocenters. The smallest absolute Gasteiger partial charge is 0.323 e. The highest BCUT2D eigenvalue weighted by Crippen LogP contribution is 2.45. The Balaban J connectivity index is 2.84. The summed E-state index contributed by atoms with van der Waals surface area (Å²) in [6, 6.07) is -0.598. The van der Waals surface area contributed by atoms with Gasteiger partial charge >= 0.3 is 6.03 Å². The fourth-order valence-electron chi connectivity index (χ4n) is 0.962. The van der Waals surface area contributed by atoms with Crippen molar-refractivity contribution in [3.63, 3.8) is 0 Å². The molecule has 0 spiro atoms. The van der Waals surface area contributed by atoms with E-state index in [-0.39, 0.29) is 0 Å². The molecule has 0 bridgehead atoms. The Morgan fingerprint density at radius 2 is 1.88 bits per heavy atom. The molecular formula is C7H8Cl4N2O2S. The number of carbonyl (C=O) groups excluding carboxylic acids is 2. The highest BCUT2D eigenvalue weighted by molar-refractivity contribution is 8.02. The van der Waals surface area contributed by atoms with Crippen molar-refractivity contribution < 1.29 is 9.59 Å². The summed E-state index contributed by atoms with van der Waals surface area (Å²) in [7, 11) is 0. The molecule has 1 N–H and O–H groups in total. The molecule has 0 aliphatic carbocycles. The van der Waals surface area contributed by atoms with E-state index in [2.05, 4.69) is 5.32 Å². The largest absolute Gasteiger partial charge is 0.335 e. The first-order valence-corrected chi connectivity index (χ1v) is 6.50. The summed E-state index contributed by atoms with van der Waals surface area (Å²) >= 11 is 23.2. The summed E-state index contributed by atoms with van der Waals surface area (Å²) in [6.07, 6.45) is 0. The van der Waals surface area contributed by atoms with Crippen LogP contribution in [0.2, 0.25) is 0 Å². The van der Waals surface area contributed by atoms with Crippen LogP contribution in [-0.4, -0.2) is 30.3 Å². The molecule has 1 aliphatic heterocycles. The van der Waals surface area contributed by atoms with E-state index in [0.29, 0.717) is 11.9 Å². The number of nitrogens with one attached hydrogen (secondary N) is 1. The molecule has 1 saturated heterocycles. The Hall–Kier alpha value is 0.450. The van der Waals surface area contributed by atoms with Gasteiger partial charge in [0.05, 0.1) is 0 Å². The number of alkyl halides is 4. The van der Waals surface area contributed by atoms with Gasteiger partial charge in [0.2, 0.25) is 3.67 Å². The van der Waals surface area contributed by atoms with Gasteiger partial charge in [-0.2, -0.15) is 4.31 Å². The number of imide groups is 1. The first-order valence-electron chi connectivity index (χ1n) is 4.10. The van der Waals surface area contributed by atoms with Crippen molar-refractivity contribution in [2.75, 3.05) is 0 Å². The zero-order valence-corrected chi connectivity index (χ0v) is 12.1. The highest BCUT2D eigenvalue weighted by Gasteiger charge is 2.49. The van der Waals surface area contributed by atoms with Crippen molar-refractivity contribution >= 4 is 70.3 Å². The molecular weight excluding hydrogens is 318 g/mol.